The molecule has 0 spiro atoms. The van der Waals surface area contributed by atoms with Crippen molar-refractivity contribution in [2.24, 2.45) is 0 Å². The molecule has 0 aliphatic heterocycles. The van der Waals surface area contributed by atoms with Crippen molar-refractivity contribution in [2.75, 3.05) is 0 Å². The van der Waals surface area contributed by atoms with Crippen LogP contribution in [-0.2, 0) is 16.2 Å². The molecule has 0 N–H and O–H groups in total. The second kappa shape index (κ2) is 15.5. The Hall–Kier alpha value is -9.24. The van der Waals surface area contributed by atoms with Crippen molar-refractivity contribution in [1.29, 1.82) is 0 Å². The summed E-state index contributed by atoms with van der Waals surface area (Å²) in [6.07, 6.45) is 0. The molecule has 0 saturated carbocycles. The molecule has 2 heteroatoms. The third kappa shape index (κ3) is 5.86. The lowest BCUT2D eigenvalue weighted by molar-refractivity contribution is 0.649. The summed E-state index contributed by atoms with van der Waals surface area (Å²) in [5, 5.41) is 9.71. The van der Waals surface area contributed by atoms with Gasteiger partial charge < -0.3 is 8.83 Å². The first-order valence-electron chi connectivity index (χ1n) is 28.0. The van der Waals surface area contributed by atoms with Gasteiger partial charge in [-0.25, -0.2) is 0 Å². The third-order valence-electron chi connectivity index (χ3n) is 19.1. The van der Waals surface area contributed by atoms with Gasteiger partial charge in [-0.3, -0.25) is 0 Å². The summed E-state index contributed by atoms with van der Waals surface area (Å²) in [5.74, 6) is 0. The van der Waals surface area contributed by atoms with E-state index in [0.717, 1.165) is 66.1 Å². The molecule has 3 aliphatic rings. The summed E-state index contributed by atoms with van der Waals surface area (Å²) in [6, 6.07) is 81.2. The monoisotopic (exact) mass is 1010 g/mol. The van der Waals surface area contributed by atoms with E-state index in [0.29, 0.717) is 0 Å². The van der Waals surface area contributed by atoms with Gasteiger partial charge in [0.2, 0.25) is 0 Å². The van der Waals surface area contributed by atoms with E-state index in [2.05, 4.69) is 260 Å². The SMILES string of the molecule is CC1(C)c2cc3c(cc2-c2cc4c(cc21)-c1c(cc(-c2cccc5oc6c(-c7ccccc7)cccc6c25)c2ccccc12)C4(C)C)C(C)(C)c1cc(-c2cccc4oc5c(-c6ccccc6)cccc5c24)c2ccccc2c1-3. The van der Waals surface area contributed by atoms with Gasteiger partial charge in [-0.1, -0.05) is 211 Å². The fraction of sp³-hybridized carbons (Fsp3) is 0.117. The maximum absolute atomic E-state index is 6.83. The Morgan fingerprint density at radius 1 is 0.241 bits per heavy atom. The van der Waals surface area contributed by atoms with Gasteiger partial charge in [0.1, 0.15) is 22.3 Å². The molecule has 0 radical (unpaired) electrons. The lowest BCUT2D eigenvalue weighted by atomic mass is 9.78. The number of rotatable bonds is 4. The van der Waals surface area contributed by atoms with Gasteiger partial charge in [-0.2, -0.15) is 0 Å². The van der Waals surface area contributed by atoms with Gasteiger partial charge in [0.15, 0.2) is 0 Å². The van der Waals surface area contributed by atoms with Crippen LogP contribution in [0.1, 0.15) is 74.9 Å². The van der Waals surface area contributed by atoms with Crippen LogP contribution < -0.4 is 0 Å². The summed E-state index contributed by atoms with van der Waals surface area (Å²) in [6.45, 7) is 14.7. The van der Waals surface area contributed by atoms with Crippen LogP contribution in [-0.4, -0.2) is 0 Å². The number of hydrogen-bond acceptors (Lipinski definition) is 2. The van der Waals surface area contributed by atoms with Crippen molar-refractivity contribution in [3.63, 3.8) is 0 Å². The van der Waals surface area contributed by atoms with Crippen LogP contribution in [0.15, 0.2) is 227 Å². The van der Waals surface area contributed by atoms with E-state index in [4.69, 9.17) is 8.83 Å². The molecule has 17 rings (SSSR count). The summed E-state index contributed by atoms with van der Waals surface area (Å²) < 4.78 is 13.7. The molecular weight excluding hydrogens is 957 g/mol. The first-order valence-corrected chi connectivity index (χ1v) is 28.0. The van der Waals surface area contributed by atoms with E-state index in [9.17, 15) is 0 Å². The summed E-state index contributed by atoms with van der Waals surface area (Å²) >= 11 is 0. The van der Waals surface area contributed by atoms with Crippen LogP contribution in [0.25, 0.3) is 143 Å². The van der Waals surface area contributed by atoms with Crippen molar-refractivity contribution in [2.45, 2.75) is 57.8 Å². The van der Waals surface area contributed by atoms with E-state index >= 15 is 0 Å². The molecule has 2 aromatic heterocycles. The van der Waals surface area contributed by atoms with Crippen LogP contribution in [0.5, 0.6) is 0 Å². The first kappa shape index (κ1) is 44.8. The van der Waals surface area contributed by atoms with Crippen molar-refractivity contribution in [3.8, 4) is 77.9 Å². The Morgan fingerprint density at radius 2 is 0.557 bits per heavy atom. The van der Waals surface area contributed by atoms with Gasteiger partial charge in [-0.05, 0) is 170 Å². The fourth-order valence-corrected chi connectivity index (χ4v) is 15.2. The predicted octanol–water partition coefficient (Wildman–Crippen LogP) is 21.4. The molecule has 0 fully saturated rings. The molecule has 0 saturated heterocycles. The zero-order valence-electron chi connectivity index (χ0n) is 45.1. The normalized spacial score (nSPS) is 15.0. The minimum atomic E-state index is -0.272. The highest BCUT2D eigenvalue weighted by Crippen LogP contribution is 2.62. The van der Waals surface area contributed by atoms with E-state index in [1.165, 1.54) is 111 Å². The minimum Gasteiger partial charge on any atom is -0.455 e. The van der Waals surface area contributed by atoms with Crippen LogP contribution in [0.4, 0.5) is 0 Å². The van der Waals surface area contributed by atoms with E-state index < -0.39 is 0 Å². The fourth-order valence-electron chi connectivity index (χ4n) is 15.2. The number of hydrogen-bond donors (Lipinski definition) is 0. The Balaban J connectivity index is 0.820. The summed E-state index contributed by atoms with van der Waals surface area (Å²) in [7, 11) is 0. The van der Waals surface area contributed by atoms with Crippen molar-refractivity contribution < 1.29 is 8.83 Å². The lowest BCUT2D eigenvalue weighted by Crippen LogP contribution is -2.17. The van der Waals surface area contributed by atoms with Crippen LogP contribution in [0, 0.1) is 0 Å². The molecule has 2 heterocycles. The first-order chi connectivity index (χ1) is 38.5. The number of benzene rings is 12. The average molecular weight is 1010 g/mol. The molecule has 0 unspecified atom stereocenters. The van der Waals surface area contributed by atoms with Crippen LogP contribution >= 0.6 is 0 Å². The molecule has 0 atom stereocenters. The maximum Gasteiger partial charge on any atom is 0.143 e. The summed E-state index contributed by atoms with van der Waals surface area (Å²) in [5.41, 5.74) is 28.8. The van der Waals surface area contributed by atoms with Crippen LogP contribution in [0.2, 0.25) is 0 Å². The number of furan rings is 2. The molecule has 3 aliphatic carbocycles. The van der Waals surface area contributed by atoms with Gasteiger partial charge in [0.25, 0.3) is 0 Å². The van der Waals surface area contributed by atoms with Gasteiger partial charge in [0, 0.05) is 48.9 Å². The van der Waals surface area contributed by atoms with Crippen LogP contribution in [0.3, 0.4) is 0 Å². The lowest BCUT2D eigenvalue weighted by Gasteiger charge is -2.25. The smallest absolute Gasteiger partial charge is 0.143 e. The zero-order chi connectivity index (χ0) is 52.8. The Morgan fingerprint density at radius 3 is 0.987 bits per heavy atom. The molecule has 374 valence electrons. The zero-order valence-corrected chi connectivity index (χ0v) is 45.1. The Labute approximate surface area is 459 Å². The number of para-hydroxylation sites is 2. The highest BCUT2D eigenvalue weighted by atomic mass is 16.3. The second-order valence-electron chi connectivity index (χ2n) is 24.2. The molecule has 12 aromatic carbocycles. The Bertz CT molecular complexity index is 4700. The van der Waals surface area contributed by atoms with Crippen molar-refractivity contribution in [1.82, 2.24) is 0 Å². The van der Waals surface area contributed by atoms with Gasteiger partial charge >= 0.3 is 0 Å². The van der Waals surface area contributed by atoms with E-state index in [-0.39, 0.29) is 16.2 Å². The molecular formula is C77H54O2. The quantitative estimate of drug-likeness (QED) is 0.176. The average Bonchev–Trinajstić information content (AvgIpc) is 3.50. The van der Waals surface area contributed by atoms with Crippen molar-refractivity contribution >= 4 is 65.4 Å². The largest absolute Gasteiger partial charge is 0.455 e. The molecule has 0 bridgehead atoms. The van der Waals surface area contributed by atoms with Crippen molar-refractivity contribution in [3.05, 3.63) is 252 Å². The molecule has 0 amide bonds. The topological polar surface area (TPSA) is 26.3 Å². The maximum atomic E-state index is 6.83. The molecule has 79 heavy (non-hydrogen) atoms. The van der Waals surface area contributed by atoms with Gasteiger partial charge in [-0.15, -0.1) is 0 Å². The van der Waals surface area contributed by atoms with E-state index in [1.54, 1.807) is 0 Å². The second-order valence-corrected chi connectivity index (χ2v) is 24.2. The summed E-state index contributed by atoms with van der Waals surface area (Å²) in [4.78, 5) is 0. The van der Waals surface area contributed by atoms with E-state index in [1.807, 2.05) is 0 Å². The Kier molecular flexibility index (Phi) is 8.79. The molecule has 14 aromatic rings. The minimum absolute atomic E-state index is 0.243. The van der Waals surface area contributed by atoms with Gasteiger partial charge in [0.05, 0.1) is 0 Å². The third-order valence-corrected chi connectivity index (χ3v) is 19.1. The highest BCUT2D eigenvalue weighted by molar-refractivity contribution is 6.21. The molecule has 2 nitrogen and oxygen atoms in total. The predicted molar refractivity (Wildman–Crippen MR) is 330 cm³/mol. The number of fused-ring (bicyclic) bond motifs is 19. The highest BCUT2D eigenvalue weighted by Gasteiger charge is 2.46. The standard InChI is InChI=1S/C77H54O2/c1-75(2)61-41-59-63(76(3,4)65-37-55(47-25-13-15-27-49(47)69(59)65)51-31-19-35-67-71(51)53-33-17-29-45(73(53)78-67)43-21-9-7-10-22-43)39-57(61)58-40-64-60(42-62(58)75)70-50-28-16-14-26-48(50)56(38-66(70)77(64,5)6)52-32-20-36-68-72(52)54-34-18-30-46(74(54)79-68)44-23-11-8-12-24-44/h7-42H,1-6H3.